The highest BCUT2D eigenvalue weighted by Crippen LogP contribution is 2.27. The van der Waals surface area contributed by atoms with E-state index in [9.17, 15) is 0 Å². The second-order valence-corrected chi connectivity index (χ2v) is 7.35. The summed E-state index contributed by atoms with van der Waals surface area (Å²) in [5.74, 6) is 0.889. The molecule has 0 radical (unpaired) electrons. The van der Waals surface area contributed by atoms with Crippen molar-refractivity contribution in [1.82, 2.24) is 4.90 Å². The number of hydrogen-bond donors (Lipinski definition) is 0. The van der Waals surface area contributed by atoms with E-state index in [1.807, 2.05) is 43.3 Å². The molecule has 2 aromatic carbocycles. The first-order valence-electron chi connectivity index (χ1n) is 9.08. The fraction of sp³-hybridized carbons (Fsp3) is 0.429. The smallest absolute Gasteiger partial charge is 0.123 e. The van der Waals surface area contributed by atoms with Crippen LogP contribution in [0.15, 0.2) is 46.9 Å². The highest BCUT2D eigenvalue weighted by Gasteiger charge is 2.19. The summed E-state index contributed by atoms with van der Waals surface area (Å²) >= 11 is 9.53. The molecule has 0 amide bonds. The molecule has 0 aliphatic rings. The topological polar surface area (TPSA) is 21.7 Å². The van der Waals surface area contributed by atoms with E-state index in [1.54, 1.807) is 0 Å². The van der Waals surface area contributed by atoms with Gasteiger partial charge in [-0.1, -0.05) is 53.5 Å². The van der Waals surface area contributed by atoms with Gasteiger partial charge in [0.1, 0.15) is 18.6 Å². The van der Waals surface area contributed by atoms with Crippen molar-refractivity contribution in [3.63, 3.8) is 0 Å². The third-order valence-corrected chi connectivity index (χ3v) is 5.05. The summed E-state index contributed by atoms with van der Waals surface area (Å²) in [6.45, 7) is 9.47. The van der Waals surface area contributed by atoms with Crippen LogP contribution in [0, 0.1) is 0 Å². The molecule has 0 saturated carbocycles. The van der Waals surface area contributed by atoms with E-state index in [1.165, 1.54) is 0 Å². The van der Waals surface area contributed by atoms with Gasteiger partial charge in [-0.25, -0.2) is 0 Å². The summed E-state index contributed by atoms with van der Waals surface area (Å²) in [5, 5.41) is 0.733. The minimum atomic E-state index is 0.0437. The Balaban J connectivity index is 2.15. The van der Waals surface area contributed by atoms with Gasteiger partial charge >= 0.3 is 0 Å². The van der Waals surface area contributed by atoms with E-state index in [2.05, 4.69) is 40.7 Å². The maximum absolute atomic E-state index is 6.11. The summed E-state index contributed by atoms with van der Waals surface area (Å²) in [7, 11) is 0. The number of ether oxygens (including phenoxy) is 2. The van der Waals surface area contributed by atoms with E-state index < -0.39 is 0 Å². The van der Waals surface area contributed by atoms with Crippen LogP contribution in [-0.2, 0) is 17.8 Å². The lowest BCUT2D eigenvalue weighted by molar-refractivity contribution is -0.0496. The molecule has 0 N–H and O–H groups in total. The van der Waals surface area contributed by atoms with Gasteiger partial charge < -0.3 is 9.47 Å². The predicted octanol–water partition coefficient (Wildman–Crippen LogP) is 5.93. The summed E-state index contributed by atoms with van der Waals surface area (Å²) in [4.78, 5) is 2.33. The molecule has 0 saturated heterocycles. The fourth-order valence-electron chi connectivity index (χ4n) is 2.89. The number of rotatable bonds is 10. The Morgan fingerprint density at radius 2 is 1.73 bits per heavy atom. The summed E-state index contributed by atoms with van der Waals surface area (Å²) in [5.41, 5.74) is 2.23. The second kappa shape index (κ2) is 10.9. The Labute approximate surface area is 170 Å². The highest BCUT2D eigenvalue weighted by atomic mass is 79.9. The van der Waals surface area contributed by atoms with E-state index in [4.69, 9.17) is 21.1 Å². The minimum absolute atomic E-state index is 0.0437. The number of nitrogens with zero attached hydrogens (tertiary/aromatic N) is 1. The van der Waals surface area contributed by atoms with Gasteiger partial charge in [0.15, 0.2) is 0 Å². The lowest BCUT2D eigenvalue weighted by Gasteiger charge is -2.30. The molecule has 1 unspecified atom stereocenters. The number of benzene rings is 2. The van der Waals surface area contributed by atoms with Crippen LogP contribution in [0.25, 0.3) is 0 Å². The standard InChI is InChI=1S/C21H27BrClNO2/c1-4-24(5-2)21(25-6-3)14-17-13-18(22)9-12-20(17)26-15-16-7-10-19(23)11-8-16/h7-13,21H,4-6,14-15H2,1-3H3. The zero-order valence-electron chi connectivity index (χ0n) is 15.7. The predicted molar refractivity (Wildman–Crippen MR) is 112 cm³/mol. The SMILES string of the molecule is CCOC(Cc1cc(Br)ccc1OCc1ccc(Cl)cc1)N(CC)CC. The molecule has 3 nitrogen and oxygen atoms in total. The van der Waals surface area contributed by atoms with Crippen molar-refractivity contribution in [2.24, 2.45) is 0 Å². The van der Waals surface area contributed by atoms with Crippen LogP contribution < -0.4 is 4.74 Å². The molecule has 0 aromatic heterocycles. The van der Waals surface area contributed by atoms with Crippen LogP contribution in [0.3, 0.4) is 0 Å². The Morgan fingerprint density at radius 3 is 2.35 bits per heavy atom. The molecule has 0 heterocycles. The van der Waals surface area contributed by atoms with E-state index in [-0.39, 0.29) is 6.23 Å². The van der Waals surface area contributed by atoms with Crippen LogP contribution in [0.4, 0.5) is 0 Å². The maximum Gasteiger partial charge on any atom is 0.123 e. The van der Waals surface area contributed by atoms with Crippen molar-refractivity contribution in [1.29, 1.82) is 0 Å². The van der Waals surface area contributed by atoms with Gasteiger partial charge in [0.05, 0.1) is 0 Å². The molecule has 0 aliphatic heterocycles. The first kappa shape index (κ1) is 21.2. The molecular formula is C21H27BrClNO2. The van der Waals surface area contributed by atoms with Crippen LogP contribution in [0.2, 0.25) is 5.02 Å². The van der Waals surface area contributed by atoms with Gasteiger partial charge in [-0.2, -0.15) is 0 Å². The lowest BCUT2D eigenvalue weighted by Crippen LogP contribution is -2.38. The molecule has 0 bridgehead atoms. The van der Waals surface area contributed by atoms with E-state index in [0.717, 1.165) is 45.9 Å². The minimum Gasteiger partial charge on any atom is -0.489 e. The van der Waals surface area contributed by atoms with Crippen molar-refractivity contribution >= 4 is 27.5 Å². The Morgan fingerprint density at radius 1 is 1.04 bits per heavy atom. The monoisotopic (exact) mass is 439 g/mol. The first-order valence-corrected chi connectivity index (χ1v) is 10.3. The summed E-state index contributed by atoms with van der Waals surface area (Å²) in [6.07, 6.45) is 0.826. The quantitative estimate of drug-likeness (QED) is 0.427. The number of halogens is 2. The van der Waals surface area contributed by atoms with Crippen molar-refractivity contribution in [2.75, 3.05) is 19.7 Å². The van der Waals surface area contributed by atoms with Gasteiger partial charge in [0, 0.05) is 22.5 Å². The second-order valence-electron chi connectivity index (χ2n) is 6.00. The molecule has 0 aliphatic carbocycles. The molecule has 2 aromatic rings. The molecule has 0 spiro atoms. The van der Waals surface area contributed by atoms with Gasteiger partial charge in [-0.15, -0.1) is 0 Å². The van der Waals surface area contributed by atoms with Crippen LogP contribution in [0.5, 0.6) is 5.75 Å². The first-order chi connectivity index (χ1) is 12.6. The number of likely N-dealkylation sites (N-methyl/N-ethyl adjacent to an activating group) is 1. The fourth-order valence-corrected chi connectivity index (χ4v) is 3.43. The zero-order chi connectivity index (χ0) is 18.9. The molecule has 1 atom stereocenters. The molecular weight excluding hydrogens is 414 g/mol. The third-order valence-electron chi connectivity index (χ3n) is 4.30. The molecule has 2 rings (SSSR count). The average Bonchev–Trinajstić information content (AvgIpc) is 2.63. The van der Waals surface area contributed by atoms with Crippen LogP contribution >= 0.6 is 27.5 Å². The largest absolute Gasteiger partial charge is 0.489 e. The molecule has 26 heavy (non-hydrogen) atoms. The molecule has 5 heteroatoms. The highest BCUT2D eigenvalue weighted by molar-refractivity contribution is 9.10. The van der Waals surface area contributed by atoms with Crippen LogP contribution in [0.1, 0.15) is 31.9 Å². The van der Waals surface area contributed by atoms with Gasteiger partial charge in [-0.3, -0.25) is 4.90 Å². The molecule has 142 valence electrons. The Kier molecular flexibility index (Phi) is 8.93. The zero-order valence-corrected chi connectivity index (χ0v) is 18.0. The summed E-state index contributed by atoms with van der Waals surface area (Å²) in [6, 6.07) is 13.9. The van der Waals surface area contributed by atoms with Crippen LogP contribution in [-0.4, -0.2) is 30.8 Å². The third kappa shape index (κ3) is 6.27. The van der Waals surface area contributed by atoms with Gasteiger partial charge in [0.2, 0.25) is 0 Å². The van der Waals surface area contributed by atoms with E-state index in [0.29, 0.717) is 13.2 Å². The average molecular weight is 441 g/mol. The Bertz CT molecular complexity index is 674. The maximum atomic E-state index is 6.11. The molecule has 0 fully saturated rings. The van der Waals surface area contributed by atoms with Crippen molar-refractivity contribution in [2.45, 2.75) is 40.0 Å². The van der Waals surface area contributed by atoms with Gasteiger partial charge in [-0.05, 0) is 61.5 Å². The summed E-state index contributed by atoms with van der Waals surface area (Å²) < 4.78 is 13.1. The van der Waals surface area contributed by atoms with Crippen molar-refractivity contribution < 1.29 is 9.47 Å². The van der Waals surface area contributed by atoms with Crippen molar-refractivity contribution in [3.8, 4) is 5.75 Å². The van der Waals surface area contributed by atoms with Crippen molar-refractivity contribution in [3.05, 3.63) is 63.1 Å². The normalized spacial score (nSPS) is 12.4. The van der Waals surface area contributed by atoms with E-state index >= 15 is 0 Å². The lowest BCUT2D eigenvalue weighted by atomic mass is 10.1. The Hall–Kier alpha value is -1.07. The number of hydrogen-bond acceptors (Lipinski definition) is 3. The van der Waals surface area contributed by atoms with Gasteiger partial charge in [0.25, 0.3) is 0 Å².